The number of hydrogen-bond acceptors (Lipinski definition) is 6. The van der Waals surface area contributed by atoms with Crippen LogP contribution in [-0.2, 0) is 4.79 Å². The van der Waals surface area contributed by atoms with E-state index in [9.17, 15) is 19.7 Å². The quantitative estimate of drug-likeness (QED) is 0.567. The summed E-state index contributed by atoms with van der Waals surface area (Å²) < 4.78 is 10.7. The predicted octanol–water partition coefficient (Wildman–Crippen LogP) is 2.22. The topological polar surface area (TPSA) is 120 Å². The molecule has 0 aliphatic heterocycles. The molecule has 0 unspecified atom stereocenters. The number of benzene rings is 2. The molecule has 0 saturated heterocycles. The Balaban J connectivity index is 1.81. The average molecular weight is 373 g/mol. The maximum Gasteiger partial charge on any atom is 0.276 e. The number of amides is 2. The molecule has 0 atom stereocenters. The molecule has 9 heteroatoms. The molecule has 0 bridgehead atoms. The Hall–Kier alpha value is -3.62. The largest absolute Gasteiger partial charge is 0.491 e. The van der Waals surface area contributed by atoms with E-state index in [2.05, 4.69) is 10.9 Å². The minimum atomic E-state index is -0.587. The van der Waals surface area contributed by atoms with Crippen molar-refractivity contribution < 1.29 is 24.0 Å². The number of nitrogens with one attached hydrogen (secondary N) is 2. The number of ether oxygens (including phenoxy) is 2. The number of hydrazine groups is 1. The Morgan fingerprint density at radius 1 is 1.07 bits per heavy atom. The molecule has 0 fully saturated rings. The van der Waals surface area contributed by atoms with Crippen LogP contribution in [0.1, 0.15) is 24.2 Å². The zero-order valence-electron chi connectivity index (χ0n) is 14.8. The van der Waals surface area contributed by atoms with Gasteiger partial charge in [0.15, 0.2) is 6.61 Å². The van der Waals surface area contributed by atoms with Gasteiger partial charge >= 0.3 is 0 Å². The number of nitro benzene ring substituents is 1. The van der Waals surface area contributed by atoms with Crippen molar-refractivity contribution in [2.45, 2.75) is 20.0 Å². The third kappa shape index (κ3) is 6.31. The average Bonchev–Trinajstić information content (AvgIpc) is 2.64. The Bertz CT molecular complexity index is 820. The second-order valence-corrected chi connectivity index (χ2v) is 5.74. The van der Waals surface area contributed by atoms with Crippen LogP contribution in [0.5, 0.6) is 11.5 Å². The van der Waals surface area contributed by atoms with Gasteiger partial charge in [-0.25, -0.2) is 0 Å². The summed E-state index contributed by atoms with van der Waals surface area (Å²) in [6.07, 6.45) is -0.0282. The fourth-order valence-electron chi connectivity index (χ4n) is 2.03. The molecular weight excluding hydrogens is 354 g/mol. The number of hydrogen-bond donors (Lipinski definition) is 2. The van der Waals surface area contributed by atoms with Crippen LogP contribution in [0, 0.1) is 10.1 Å². The first-order valence-electron chi connectivity index (χ1n) is 8.08. The Morgan fingerprint density at radius 3 is 2.41 bits per heavy atom. The van der Waals surface area contributed by atoms with E-state index in [-0.39, 0.29) is 18.4 Å². The van der Waals surface area contributed by atoms with Gasteiger partial charge in [0.1, 0.15) is 11.5 Å². The zero-order valence-corrected chi connectivity index (χ0v) is 14.8. The van der Waals surface area contributed by atoms with Crippen LogP contribution in [0.25, 0.3) is 0 Å². The van der Waals surface area contributed by atoms with E-state index in [0.29, 0.717) is 17.1 Å². The summed E-state index contributed by atoms with van der Waals surface area (Å²) in [4.78, 5) is 33.9. The van der Waals surface area contributed by atoms with Crippen LogP contribution < -0.4 is 20.3 Å². The maximum absolute atomic E-state index is 12.1. The van der Waals surface area contributed by atoms with E-state index in [4.69, 9.17) is 9.47 Å². The lowest BCUT2D eigenvalue weighted by Gasteiger charge is -2.11. The SMILES string of the molecule is CC(C)Oc1cccc(C(=O)NNC(=O)COc2ccc([N+](=O)[O-])cc2)c1. The lowest BCUT2D eigenvalue weighted by Crippen LogP contribution is -2.43. The summed E-state index contributed by atoms with van der Waals surface area (Å²) in [5.74, 6) is -0.254. The van der Waals surface area contributed by atoms with E-state index in [0.717, 1.165) is 0 Å². The van der Waals surface area contributed by atoms with Crippen molar-refractivity contribution in [3.63, 3.8) is 0 Å². The van der Waals surface area contributed by atoms with Crippen molar-refractivity contribution in [3.05, 3.63) is 64.2 Å². The van der Waals surface area contributed by atoms with Gasteiger partial charge in [0, 0.05) is 17.7 Å². The highest BCUT2D eigenvalue weighted by Crippen LogP contribution is 2.17. The van der Waals surface area contributed by atoms with Gasteiger partial charge in [-0.3, -0.25) is 30.6 Å². The van der Waals surface area contributed by atoms with Crippen molar-refractivity contribution in [3.8, 4) is 11.5 Å². The van der Waals surface area contributed by atoms with E-state index >= 15 is 0 Å². The van der Waals surface area contributed by atoms with E-state index < -0.39 is 16.7 Å². The van der Waals surface area contributed by atoms with Gasteiger partial charge in [-0.1, -0.05) is 6.07 Å². The van der Waals surface area contributed by atoms with Crippen molar-refractivity contribution in [1.82, 2.24) is 10.9 Å². The Kier molecular flexibility index (Phi) is 6.70. The highest BCUT2D eigenvalue weighted by Gasteiger charge is 2.10. The third-order valence-corrected chi connectivity index (χ3v) is 3.20. The van der Waals surface area contributed by atoms with Crippen molar-refractivity contribution in [1.29, 1.82) is 0 Å². The van der Waals surface area contributed by atoms with Crippen LogP contribution in [-0.4, -0.2) is 29.4 Å². The summed E-state index contributed by atoms with van der Waals surface area (Å²) >= 11 is 0. The maximum atomic E-state index is 12.1. The number of carbonyl (C=O) groups excluding carboxylic acids is 2. The monoisotopic (exact) mass is 373 g/mol. The third-order valence-electron chi connectivity index (χ3n) is 3.20. The van der Waals surface area contributed by atoms with E-state index in [1.54, 1.807) is 24.3 Å². The van der Waals surface area contributed by atoms with Gasteiger partial charge in [0.25, 0.3) is 17.5 Å². The summed E-state index contributed by atoms with van der Waals surface area (Å²) in [5, 5.41) is 10.6. The van der Waals surface area contributed by atoms with Crippen molar-refractivity contribution in [2.24, 2.45) is 0 Å². The lowest BCUT2D eigenvalue weighted by atomic mass is 10.2. The highest BCUT2D eigenvalue weighted by atomic mass is 16.6. The molecule has 0 aliphatic rings. The number of nitro groups is 1. The van der Waals surface area contributed by atoms with E-state index in [1.807, 2.05) is 13.8 Å². The molecule has 142 valence electrons. The normalized spacial score (nSPS) is 10.2. The van der Waals surface area contributed by atoms with Crippen molar-refractivity contribution >= 4 is 17.5 Å². The van der Waals surface area contributed by atoms with Gasteiger partial charge in [-0.05, 0) is 44.2 Å². The fourth-order valence-corrected chi connectivity index (χ4v) is 2.03. The van der Waals surface area contributed by atoms with Gasteiger partial charge in [0.2, 0.25) is 0 Å². The fraction of sp³-hybridized carbons (Fsp3) is 0.222. The van der Waals surface area contributed by atoms with E-state index in [1.165, 1.54) is 24.3 Å². The first-order valence-corrected chi connectivity index (χ1v) is 8.08. The second kappa shape index (κ2) is 9.18. The van der Waals surface area contributed by atoms with Gasteiger partial charge in [-0.2, -0.15) is 0 Å². The molecule has 0 spiro atoms. The molecule has 0 radical (unpaired) electrons. The van der Waals surface area contributed by atoms with Crippen LogP contribution in [0.3, 0.4) is 0 Å². The van der Waals surface area contributed by atoms with Gasteiger partial charge in [-0.15, -0.1) is 0 Å². The first kappa shape index (κ1) is 19.7. The van der Waals surface area contributed by atoms with Gasteiger partial charge in [0.05, 0.1) is 11.0 Å². The van der Waals surface area contributed by atoms with Crippen LogP contribution in [0.15, 0.2) is 48.5 Å². The molecule has 0 saturated carbocycles. The molecule has 0 aromatic heterocycles. The molecular formula is C18H19N3O6. The molecule has 0 aliphatic carbocycles. The number of non-ortho nitro benzene ring substituents is 1. The smallest absolute Gasteiger partial charge is 0.276 e. The Labute approximate surface area is 155 Å². The molecule has 0 heterocycles. The lowest BCUT2D eigenvalue weighted by molar-refractivity contribution is -0.384. The molecule has 2 amide bonds. The summed E-state index contributed by atoms with van der Waals surface area (Å²) in [5.41, 5.74) is 4.75. The number of nitrogens with zero attached hydrogens (tertiary/aromatic N) is 1. The van der Waals surface area contributed by atoms with Crippen LogP contribution >= 0.6 is 0 Å². The molecule has 2 aromatic rings. The minimum absolute atomic E-state index is 0.0282. The summed E-state index contributed by atoms with van der Waals surface area (Å²) in [6, 6.07) is 11.8. The predicted molar refractivity (Wildman–Crippen MR) is 96.4 cm³/mol. The summed E-state index contributed by atoms with van der Waals surface area (Å²) in [6.45, 7) is 3.38. The minimum Gasteiger partial charge on any atom is -0.491 e. The molecule has 9 nitrogen and oxygen atoms in total. The molecule has 27 heavy (non-hydrogen) atoms. The van der Waals surface area contributed by atoms with Gasteiger partial charge < -0.3 is 9.47 Å². The van der Waals surface area contributed by atoms with Crippen molar-refractivity contribution in [2.75, 3.05) is 6.61 Å². The highest BCUT2D eigenvalue weighted by molar-refractivity contribution is 5.95. The summed E-state index contributed by atoms with van der Waals surface area (Å²) in [7, 11) is 0. The number of carbonyl (C=O) groups is 2. The number of rotatable bonds is 7. The first-order chi connectivity index (χ1) is 12.8. The molecule has 2 rings (SSSR count). The van der Waals surface area contributed by atoms with Crippen LogP contribution in [0.2, 0.25) is 0 Å². The molecule has 2 N–H and O–H groups in total. The zero-order chi connectivity index (χ0) is 19.8. The van der Waals surface area contributed by atoms with Crippen LogP contribution in [0.4, 0.5) is 5.69 Å². The standard InChI is InChI=1S/C18H19N3O6/c1-12(2)27-16-5-3-4-13(10-16)18(23)20-19-17(22)11-26-15-8-6-14(7-9-15)21(24)25/h3-10,12H,11H2,1-2H3,(H,19,22)(H,20,23). The Morgan fingerprint density at radius 2 is 1.78 bits per heavy atom. The second-order valence-electron chi connectivity index (χ2n) is 5.74. The molecule has 2 aromatic carbocycles.